The van der Waals surface area contributed by atoms with Crippen molar-refractivity contribution in [2.45, 2.75) is 13.0 Å². The van der Waals surface area contributed by atoms with Crippen molar-refractivity contribution in [1.82, 2.24) is 0 Å². The van der Waals surface area contributed by atoms with Crippen molar-refractivity contribution in [3.05, 3.63) is 33.9 Å². The Hall–Kier alpha value is -2.15. The minimum atomic E-state index is -0.533. The van der Waals surface area contributed by atoms with E-state index >= 15 is 0 Å². The molecule has 1 aromatic carbocycles. The summed E-state index contributed by atoms with van der Waals surface area (Å²) in [7, 11) is 4.54. The quantitative estimate of drug-likeness (QED) is 0.450. The van der Waals surface area contributed by atoms with Crippen LogP contribution in [0, 0.1) is 10.1 Å². The van der Waals surface area contributed by atoms with Gasteiger partial charge in [-0.1, -0.05) is 0 Å². The molecule has 0 aliphatic rings. The molecule has 0 spiro atoms. The van der Waals surface area contributed by atoms with Gasteiger partial charge in [-0.05, 0) is 19.1 Å². The second-order valence-electron chi connectivity index (χ2n) is 4.37. The van der Waals surface area contributed by atoms with Crippen molar-refractivity contribution in [1.29, 1.82) is 0 Å². The van der Waals surface area contributed by atoms with Crippen LogP contribution in [-0.4, -0.2) is 44.8 Å². The van der Waals surface area contributed by atoms with E-state index in [9.17, 15) is 14.9 Å². The van der Waals surface area contributed by atoms with E-state index in [-0.39, 0.29) is 17.3 Å². The van der Waals surface area contributed by atoms with Crippen molar-refractivity contribution in [3.8, 4) is 0 Å². The van der Waals surface area contributed by atoms with E-state index in [4.69, 9.17) is 4.74 Å². The molecule has 110 valence electrons. The van der Waals surface area contributed by atoms with E-state index in [1.54, 1.807) is 19.1 Å². The fourth-order valence-electron chi connectivity index (χ4n) is 1.80. The molecule has 0 aliphatic carbocycles. The van der Waals surface area contributed by atoms with Crippen molar-refractivity contribution in [2.75, 3.05) is 32.8 Å². The van der Waals surface area contributed by atoms with Crippen LogP contribution in [0.4, 0.5) is 11.4 Å². The molecule has 20 heavy (non-hydrogen) atoms. The number of nitro benzene ring substituents is 1. The summed E-state index contributed by atoms with van der Waals surface area (Å²) in [6.45, 7) is 2.29. The van der Waals surface area contributed by atoms with Crippen molar-refractivity contribution in [2.24, 2.45) is 0 Å². The zero-order valence-corrected chi connectivity index (χ0v) is 12.0. The summed E-state index contributed by atoms with van der Waals surface area (Å²) in [5.41, 5.74) is 0.551. The van der Waals surface area contributed by atoms with Crippen LogP contribution in [0.1, 0.15) is 17.3 Å². The van der Waals surface area contributed by atoms with E-state index in [2.05, 4.69) is 4.74 Å². The molecule has 7 nitrogen and oxygen atoms in total. The number of nitrogens with zero attached hydrogens (tertiary/aromatic N) is 2. The molecule has 0 bridgehead atoms. The maximum absolute atomic E-state index is 11.5. The van der Waals surface area contributed by atoms with Crippen LogP contribution >= 0.6 is 0 Å². The smallest absolute Gasteiger partial charge is 0.337 e. The lowest BCUT2D eigenvalue weighted by Crippen LogP contribution is -2.33. The Morgan fingerprint density at radius 1 is 1.45 bits per heavy atom. The molecule has 0 aromatic heterocycles. The van der Waals surface area contributed by atoms with E-state index in [0.717, 1.165) is 0 Å². The van der Waals surface area contributed by atoms with E-state index in [1.807, 2.05) is 6.92 Å². The third kappa shape index (κ3) is 3.45. The third-order valence-corrected chi connectivity index (χ3v) is 3.04. The first-order valence-electron chi connectivity index (χ1n) is 6.00. The summed E-state index contributed by atoms with van der Waals surface area (Å²) in [6, 6.07) is 4.06. The van der Waals surface area contributed by atoms with Gasteiger partial charge in [-0.3, -0.25) is 10.1 Å². The number of carbonyl (C=O) groups is 1. The lowest BCUT2D eigenvalue weighted by atomic mass is 10.1. The molecule has 0 saturated carbocycles. The van der Waals surface area contributed by atoms with E-state index in [0.29, 0.717) is 12.3 Å². The van der Waals surface area contributed by atoms with Gasteiger partial charge in [-0.2, -0.15) is 0 Å². The Labute approximate surface area is 117 Å². The molecule has 1 unspecified atom stereocenters. The Kier molecular flexibility index (Phi) is 5.45. The number of nitro groups is 1. The number of methoxy groups -OCH3 is 2. The second-order valence-corrected chi connectivity index (χ2v) is 4.37. The first-order valence-corrected chi connectivity index (χ1v) is 6.00. The number of anilines is 1. The largest absolute Gasteiger partial charge is 0.465 e. The maximum Gasteiger partial charge on any atom is 0.337 e. The number of ether oxygens (including phenoxy) is 2. The first kappa shape index (κ1) is 15.9. The molecule has 0 saturated heterocycles. The second kappa shape index (κ2) is 6.85. The van der Waals surface area contributed by atoms with Crippen molar-refractivity contribution in [3.63, 3.8) is 0 Å². The van der Waals surface area contributed by atoms with Gasteiger partial charge in [-0.25, -0.2) is 4.79 Å². The summed E-state index contributed by atoms with van der Waals surface area (Å²) in [5, 5.41) is 11.1. The highest BCUT2D eigenvalue weighted by molar-refractivity contribution is 5.91. The molecule has 0 heterocycles. The number of benzene rings is 1. The van der Waals surface area contributed by atoms with Gasteiger partial charge in [0.1, 0.15) is 5.69 Å². The minimum absolute atomic E-state index is 0.0666. The zero-order chi connectivity index (χ0) is 15.3. The molecule has 0 fully saturated rings. The third-order valence-electron chi connectivity index (χ3n) is 3.04. The summed E-state index contributed by atoms with van der Waals surface area (Å²) in [4.78, 5) is 23.8. The lowest BCUT2D eigenvalue weighted by molar-refractivity contribution is -0.384. The molecule has 1 aromatic rings. The van der Waals surface area contributed by atoms with Crippen LogP contribution in [0.3, 0.4) is 0 Å². The Morgan fingerprint density at radius 2 is 2.10 bits per heavy atom. The van der Waals surface area contributed by atoms with Gasteiger partial charge in [0.25, 0.3) is 5.69 Å². The van der Waals surface area contributed by atoms with Crippen LogP contribution in [0.15, 0.2) is 18.2 Å². The Balaban J connectivity index is 3.24. The summed E-state index contributed by atoms with van der Waals surface area (Å²) in [6.07, 6.45) is 0. The number of hydrogen-bond acceptors (Lipinski definition) is 6. The molecule has 0 radical (unpaired) electrons. The van der Waals surface area contributed by atoms with E-state index < -0.39 is 10.9 Å². The molecular weight excluding hydrogens is 264 g/mol. The van der Waals surface area contributed by atoms with E-state index in [1.165, 1.54) is 25.3 Å². The predicted octanol–water partition coefficient (Wildman–Crippen LogP) is 1.85. The molecule has 1 atom stereocenters. The topological polar surface area (TPSA) is 81.9 Å². The standard InChI is InChI=1S/C13H18N2O5/c1-9(8-19-3)14(2)12-7-10(13(16)20-4)5-6-11(12)15(17)18/h5-7,9H,8H2,1-4H3. The van der Waals surface area contributed by atoms with Gasteiger partial charge >= 0.3 is 5.97 Å². The minimum Gasteiger partial charge on any atom is -0.465 e. The number of likely N-dealkylation sites (N-methyl/N-ethyl adjacent to an activating group) is 1. The fourth-order valence-corrected chi connectivity index (χ4v) is 1.80. The average Bonchev–Trinajstić information content (AvgIpc) is 2.45. The zero-order valence-electron chi connectivity index (χ0n) is 12.0. The Morgan fingerprint density at radius 3 is 2.60 bits per heavy atom. The lowest BCUT2D eigenvalue weighted by Gasteiger charge is -2.26. The number of hydrogen-bond donors (Lipinski definition) is 0. The first-order chi connectivity index (χ1) is 9.42. The van der Waals surface area contributed by atoms with Crippen LogP contribution in [-0.2, 0) is 9.47 Å². The van der Waals surface area contributed by atoms with Gasteiger partial charge in [0, 0.05) is 26.3 Å². The normalized spacial score (nSPS) is 11.8. The molecular formula is C13H18N2O5. The summed E-state index contributed by atoms with van der Waals surface area (Å²) >= 11 is 0. The highest BCUT2D eigenvalue weighted by Crippen LogP contribution is 2.30. The van der Waals surface area contributed by atoms with Crippen molar-refractivity contribution >= 4 is 17.3 Å². The van der Waals surface area contributed by atoms with Gasteiger partial charge < -0.3 is 14.4 Å². The SMILES string of the molecule is COCC(C)N(C)c1cc(C(=O)OC)ccc1[N+](=O)[O-]. The number of esters is 1. The highest BCUT2D eigenvalue weighted by Gasteiger charge is 2.22. The van der Waals surface area contributed by atoms with Crippen LogP contribution in [0.2, 0.25) is 0 Å². The highest BCUT2D eigenvalue weighted by atomic mass is 16.6. The van der Waals surface area contributed by atoms with Gasteiger partial charge in [0.15, 0.2) is 0 Å². The monoisotopic (exact) mass is 282 g/mol. The molecule has 0 aliphatic heterocycles. The van der Waals surface area contributed by atoms with Crippen molar-refractivity contribution < 1.29 is 19.2 Å². The fraction of sp³-hybridized carbons (Fsp3) is 0.462. The summed E-state index contributed by atoms with van der Waals surface area (Å²) < 4.78 is 9.67. The average molecular weight is 282 g/mol. The number of rotatable bonds is 6. The summed E-state index contributed by atoms with van der Waals surface area (Å²) in [5.74, 6) is -0.533. The number of carbonyl (C=O) groups excluding carboxylic acids is 1. The van der Waals surface area contributed by atoms with Gasteiger partial charge in [0.05, 0.1) is 24.2 Å². The van der Waals surface area contributed by atoms with Gasteiger partial charge in [0.2, 0.25) is 0 Å². The van der Waals surface area contributed by atoms with Gasteiger partial charge in [-0.15, -0.1) is 0 Å². The molecule has 0 amide bonds. The Bertz CT molecular complexity index is 504. The van der Waals surface area contributed by atoms with Crippen LogP contribution in [0.5, 0.6) is 0 Å². The van der Waals surface area contributed by atoms with Crippen LogP contribution in [0.25, 0.3) is 0 Å². The maximum atomic E-state index is 11.5. The molecule has 7 heteroatoms. The molecule has 1 rings (SSSR count). The van der Waals surface area contributed by atoms with Crippen LogP contribution < -0.4 is 4.90 Å². The molecule has 0 N–H and O–H groups in total. The predicted molar refractivity (Wildman–Crippen MR) is 74.2 cm³/mol.